The number of aliphatic hydroxyl groups is 1. The summed E-state index contributed by atoms with van der Waals surface area (Å²) in [6.07, 6.45) is 7.37. The fraction of sp³-hybridized carbons (Fsp3) is 0.422. The van der Waals surface area contributed by atoms with Gasteiger partial charge in [-0.05, 0) is 105 Å². The average molecular weight is 830 g/mol. The van der Waals surface area contributed by atoms with E-state index in [4.69, 9.17) is 9.97 Å². The molecule has 61 heavy (non-hydrogen) atoms. The second-order valence-electron chi connectivity index (χ2n) is 17.0. The smallest absolute Gasteiger partial charge is 0.278 e. The molecule has 15 nitrogen and oxygen atoms in total. The van der Waals surface area contributed by atoms with E-state index in [1.165, 1.54) is 16.4 Å². The zero-order valence-electron chi connectivity index (χ0n) is 34.7. The fourth-order valence-corrected chi connectivity index (χ4v) is 9.36. The number of amides is 2. The van der Waals surface area contributed by atoms with Crippen molar-refractivity contribution < 1.29 is 19.1 Å². The molecule has 4 aliphatic rings. The van der Waals surface area contributed by atoms with E-state index in [1.807, 2.05) is 18.2 Å². The molecule has 3 aromatic heterocycles. The Bertz CT molecular complexity index is 2570. The maximum absolute atomic E-state index is 15.3. The highest BCUT2D eigenvalue weighted by molar-refractivity contribution is 6.01. The molecular formula is C45H52FN11O4. The van der Waals surface area contributed by atoms with E-state index in [2.05, 4.69) is 61.3 Å². The van der Waals surface area contributed by atoms with Crippen LogP contribution in [0.15, 0.2) is 72.2 Å². The summed E-state index contributed by atoms with van der Waals surface area (Å²) in [6.45, 7) is 14.2. The number of carbonyl (C=O) groups excluding carboxylic acids is 2. The van der Waals surface area contributed by atoms with Gasteiger partial charge in [0.15, 0.2) is 11.5 Å². The number of nitrogens with one attached hydrogen (secondary N) is 3. The molecule has 16 heteroatoms. The molecule has 318 valence electrons. The molecule has 1 unspecified atom stereocenters. The van der Waals surface area contributed by atoms with Crippen LogP contribution in [0.3, 0.4) is 0 Å². The van der Waals surface area contributed by atoms with Gasteiger partial charge in [-0.2, -0.15) is 4.98 Å². The van der Waals surface area contributed by atoms with E-state index in [0.717, 1.165) is 81.9 Å². The van der Waals surface area contributed by atoms with Crippen LogP contribution >= 0.6 is 0 Å². The lowest BCUT2D eigenvalue weighted by atomic mass is 9.95. The maximum atomic E-state index is 15.3. The summed E-state index contributed by atoms with van der Waals surface area (Å²) in [5, 5.41) is 20.1. The Kier molecular flexibility index (Phi) is 10.8. The van der Waals surface area contributed by atoms with Gasteiger partial charge in [0.25, 0.3) is 5.56 Å². The molecule has 5 aromatic rings. The predicted octanol–water partition coefficient (Wildman–Crippen LogP) is 4.76. The summed E-state index contributed by atoms with van der Waals surface area (Å²) in [6, 6.07) is 14.6. The number of aryl methyl sites for hydroxylation is 2. The van der Waals surface area contributed by atoms with Crippen LogP contribution in [0.25, 0.3) is 16.9 Å². The normalized spacial score (nSPS) is 21.1. The van der Waals surface area contributed by atoms with Gasteiger partial charge >= 0.3 is 0 Å². The molecule has 9 rings (SSSR count). The van der Waals surface area contributed by atoms with E-state index in [9.17, 15) is 19.5 Å². The third-order valence-electron chi connectivity index (χ3n) is 12.7. The molecule has 1 aliphatic carbocycles. The van der Waals surface area contributed by atoms with Crippen LogP contribution in [0.2, 0.25) is 0 Å². The van der Waals surface area contributed by atoms with Gasteiger partial charge in [-0.3, -0.25) is 24.6 Å². The zero-order chi connectivity index (χ0) is 42.4. The molecule has 2 atom stereocenters. The van der Waals surface area contributed by atoms with E-state index in [-0.39, 0.29) is 36.2 Å². The van der Waals surface area contributed by atoms with E-state index < -0.39 is 11.6 Å². The van der Waals surface area contributed by atoms with Crippen molar-refractivity contribution in [2.75, 3.05) is 66.2 Å². The number of rotatable bonds is 11. The number of hydrogen-bond donors (Lipinski definition) is 4. The number of fused-ring (bicyclic) bond motifs is 2. The van der Waals surface area contributed by atoms with E-state index in [1.54, 1.807) is 36.0 Å². The monoisotopic (exact) mass is 829 g/mol. The van der Waals surface area contributed by atoms with Crippen molar-refractivity contribution in [3.8, 4) is 5.82 Å². The highest BCUT2D eigenvalue weighted by atomic mass is 19.1. The van der Waals surface area contributed by atoms with Crippen LogP contribution < -0.4 is 31.3 Å². The highest BCUT2D eigenvalue weighted by Gasteiger charge is 2.35. The van der Waals surface area contributed by atoms with Gasteiger partial charge in [0.05, 0.1) is 17.9 Å². The van der Waals surface area contributed by atoms with Crippen LogP contribution in [0.5, 0.6) is 0 Å². The fourth-order valence-electron chi connectivity index (χ4n) is 9.36. The number of piperidine rings is 2. The Morgan fingerprint density at radius 1 is 0.934 bits per heavy atom. The SMILES string of the molecule is C=CCn1c(=O)c2cnc(Nc3ccc(N4CCC(CN5CCN(c6ccc(NC7CCC(=O)NC7=O)cc6F)CC5)CC4)c(C)c3)nc2n1-c1ccc2c(n1)[C@](C)(O)CC2. The molecule has 3 fully saturated rings. The molecule has 0 saturated carbocycles. The molecule has 2 amide bonds. The molecule has 3 aliphatic heterocycles. The number of pyridine rings is 1. The van der Waals surface area contributed by atoms with Crippen molar-refractivity contribution in [2.24, 2.45) is 5.92 Å². The first-order chi connectivity index (χ1) is 29.4. The minimum absolute atomic E-state index is 0.247. The molecule has 6 heterocycles. The summed E-state index contributed by atoms with van der Waals surface area (Å²) < 4.78 is 18.5. The molecule has 2 aromatic carbocycles. The van der Waals surface area contributed by atoms with Gasteiger partial charge in [-0.1, -0.05) is 12.1 Å². The molecule has 0 spiro atoms. The maximum Gasteiger partial charge on any atom is 0.278 e. The first-order valence-electron chi connectivity index (χ1n) is 21.3. The predicted molar refractivity (Wildman–Crippen MR) is 233 cm³/mol. The molecule has 3 saturated heterocycles. The number of nitrogens with zero attached hydrogens (tertiary/aromatic N) is 8. The van der Waals surface area contributed by atoms with Crippen molar-refractivity contribution in [3.63, 3.8) is 0 Å². The third-order valence-corrected chi connectivity index (χ3v) is 12.7. The standard InChI is InChI=1S/C45H52FN11O4/c1-4-17-56-43(60)33-26-47-44(52-41(33)57(56)38-11-5-30-13-16-45(3,61)40(30)50-38)49-31-6-9-36(28(2)24-31)54-18-14-29(15-19-54)27-53-20-22-55(23-21-53)37-10-7-32(25-34(37)46)48-35-8-12-39(58)51-42(35)59/h4-7,9-11,24-26,29,35,48,61H,1,8,12-23,27H2,2-3H3,(H,47,49,52)(H,51,58,59)/t35?,45-/m1/s1. The van der Waals surface area contributed by atoms with Crippen molar-refractivity contribution in [3.05, 3.63) is 100 Å². The Morgan fingerprint density at radius 2 is 1.69 bits per heavy atom. The van der Waals surface area contributed by atoms with Crippen LogP contribution in [0, 0.1) is 18.7 Å². The second kappa shape index (κ2) is 16.4. The van der Waals surface area contributed by atoms with Crippen molar-refractivity contribution in [1.29, 1.82) is 0 Å². The lowest BCUT2D eigenvalue weighted by Crippen LogP contribution is -2.49. The van der Waals surface area contributed by atoms with Crippen molar-refractivity contribution in [1.82, 2.24) is 34.5 Å². The molecule has 4 N–H and O–H groups in total. The minimum atomic E-state index is -1.04. The third kappa shape index (κ3) is 8.09. The number of aromatic nitrogens is 5. The van der Waals surface area contributed by atoms with Gasteiger partial charge in [0.1, 0.15) is 22.8 Å². The Balaban J connectivity index is 0.796. The van der Waals surface area contributed by atoms with Gasteiger partial charge in [0, 0.05) is 75.5 Å². The van der Waals surface area contributed by atoms with E-state index in [0.29, 0.717) is 58.6 Å². The van der Waals surface area contributed by atoms with Crippen LogP contribution in [0.1, 0.15) is 55.8 Å². The van der Waals surface area contributed by atoms with Crippen LogP contribution in [-0.4, -0.2) is 98.0 Å². The number of anilines is 5. The number of piperazine rings is 1. The number of hydrogen-bond acceptors (Lipinski definition) is 12. The summed E-state index contributed by atoms with van der Waals surface area (Å²) in [7, 11) is 0. The van der Waals surface area contributed by atoms with Gasteiger partial charge in [-0.25, -0.2) is 23.7 Å². The summed E-state index contributed by atoms with van der Waals surface area (Å²) in [5.41, 5.74) is 5.00. The number of benzene rings is 2. The van der Waals surface area contributed by atoms with Crippen LogP contribution in [0.4, 0.5) is 33.1 Å². The quantitative estimate of drug-likeness (QED) is 0.107. The Morgan fingerprint density at radius 3 is 2.43 bits per heavy atom. The Hall–Kier alpha value is -6.13. The molecule has 0 bridgehead atoms. The minimum Gasteiger partial charge on any atom is -0.384 e. The van der Waals surface area contributed by atoms with Crippen LogP contribution in [-0.2, 0) is 28.2 Å². The largest absolute Gasteiger partial charge is 0.384 e. The molecule has 0 radical (unpaired) electrons. The lowest BCUT2D eigenvalue weighted by Gasteiger charge is -2.40. The summed E-state index contributed by atoms with van der Waals surface area (Å²) in [4.78, 5) is 58.3. The topological polar surface area (TPSA) is 166 Å². The molecular weight excluding hydrogens is 778 g/mol. The van der Waals surface area contributed by atoms with Crippen molar-refractivity contribution in [2.45, 2.75) is 70.6 Å². The number of carbonyl (C=O) groups is 2. The van der Waals surface area contributed by atoms with Gasteiger partial charge in [-0.15, -0.1) is 6.58 Å². The second-order valence-corrected chi connectivity index (χ2v) is 17.0. The van der Waals surface area contributed by atoms with Gasteiger partial charge in [0.2, 0.25) is 17.8 Å². The number of imide groups is 1. The van der Waals surface area contributed by atoms with Crippen molar-refractivity contribution >= 4 is 51.5 Å². The summed E-state index contributed by atoms with van der Waals surface area (Å²) >= 11 is 0. The summed E-state index contributed by atoms with van der Waals surface area (Å²) in [5.74, 6) is 0.446. The average Bonchev–Trinajstić information content (AvgIpc) is 3.70. The Labute approximate surface area is 353 Å². The number of allylic oxidation sites excluding steroid dienone is 1. The zero-order valence-corrected chi connectivity index (χ0v) is 34.7. The first kappa shape index (κ1) is 40.3. The first-order valence-corrected chi connectivity index (χ1v) is 21.3. The lowest BCUT2D eigenvalue weighted by molar-refractivity contribution is -0.133. The van der Waals surface area contributed by atoms with E-state index >= 15 is 4.39 Å². The number of halogens is 1. The van der Waals surface area contributed by atoms with Gasteiger partial charge < -0.3 is 25.5 Å². The highest BCUT2D eigenvalue weighted by Crippen LogP contribution is 2.36.